The van der Waals surface area contributed by atoms with E-state index < -0.39 is 0 Å². The maximum atomic E-state index is 6.09. The largest absolute Gasteiger partial charge is 0.438 e. The molecule has 7 aromatic carbocycles. The molecule has 0 atom stereocenters. The number of furan rings is 1. The summed E-state index contributed by atoms with van der Waals surface area (Å²) in [5, 5.41) is 6.82. The van der Waals surface area contributed by atoms with Crippen LogP contribution in [0.4, 0.5) is 0 Å². The molecule has 0 amide bonds. The normalized spacial score (nSPS) is 11.5. The predicted molar refractivity (Wildman–Crippen MR) is 207 cm³/mol. The van der Waals surface area contributed by atoms with Crippen LogP contribution in [0.25, 0.3) is 100 Å². The summed E-state index contributed by atoms with van der Waals surface area (Å²) in [6, 6.07) is 56.5. The number of pyridine rings is 1. The van der Waals surface area contributed by atoms with Gasteiger partial charge >= 0.3 is 0 Å². The van der Waals surface area contributed by atoms with Crippen molar-refractivity contribution in [1.29, 1.82) is 0 Å². The molecule has 0 saturated carbocycles. The molecule has 51 heavy (non-hydrogen) atoms. The Balaban J connectivity index is 1.25. The van der Waals surface area contributed by atoms with Gasteiger partial charge in [0.2, 0.25) is 5.71 Å². The predicted octanol–water partition coefficient (Wildman–Crippen LogP) is 11.8. The maximum Gasteiger partial charge on any atom is 0.227 e. The second-order valence-corrected chi connectivity index (χ2v) is 12.7. The first kappa shape index (κ1) is 29.0. The van der Waals surface area contributed by atoms with E-state index in [-0.39, 0.29) is 0 Å². The lowest BCUT2D eigenvalue weighted by molar-refractivity contribution is 0.654. The fraction of sp³-hybridized carbons (Fsp3) is 0. The molecule has 10 aromatic rings. The van der Waals surface area contributed by atoms with Crippen molar-refractivity contribution >= 4 is 43.6 Å². The minimum Gasteiger partial charge on any atom is -0.438 e. The van der Waals surface area contributed by atoms with Crippen LogP contribution in [-0.2, 0) is 0 Å². The van der Waals surface area contributed by atoms with Crippen LogP contribution in [0.2, 0.25) is 0 Å². The Hall–Kier alpha value is -6.98. The molecule has 0 unspecified atom stereocenters. The zero-order valence-electron chi connectivity index (χ0n) is 27.4. The molecule has 0 spiro atoms. The first-order valence-corrected chi connectivity index (χ1v) is 17.0. The molecule has 0 aliphatic heterocycles. The first-order valence-electron chi connectivity index (χ1n) is 17.0. The van der Waals surface area contributed by atoms with E-state index >= 15 is 0 Å². The zero-order valence-corrected chi connectivity index (χ0v) is 27.4. The van der Waals surface area contributed by atoms with Crippen LogP contribution in [0.1, 0.15) is 0 Å². The average molecular weight is 653 g/mol. The standard InChI is InChI=1S/C46H28N4O/c1-3-13-29(14-4-1)43-48-44(30-15-5-2-6-16-30)50-45(49-43)34-24-32(35-27-41-39-21-11-12-22-42(39)51-46(41)47-28-35)23-33(25-34)40-26-31-17-7-8-18-36(31)37-19-9-10-20-38(37)40/h1-28H. The molecule has 3 aromatic heterocycles. The van der Waals surface area contributed by atoms with Crippen molar-refractivity contribution in [2.75, 3.05) is 0 Å². The molecule has 0 aliphatic rings. The number of fused-ring (bicyclic) bond motifs is 6. The van der Waals surface area contributed by atoms with E-state index in [1.165, 1.54) is 21.5 Å². The number of hydrogen-bond donors (Lipinski definition) is 0. The molecule has 5 nitrogen and oxygen atoms in total. The highest BCUT2D eigenvalue weighted by atomic mass is 16.3. The summed E-state index contributed by atoms with van der Waals surface area (Å²) in [6.07, 6.45) is 1.89. The molecular weight excluding hydrogens is 625 g/mol. The lowest BCUT2D eigenvalue weighted by Gasteiger charge is -2.15. The van der Waals surface area contributed by atoms with Crippen molar-refractivity contribution in [1.82, 2.24) is 19.9 Å². The molecule has 0 fully saturated rings. The van der Waals surface area contributed by atoms with Crippen LogP contribution >= 0.6 is 0 Å². The average Bonchev–Trinajstić information content (AvgIpc) is 3.59. The van der Waals surface area contributed by atoms with Gasteiger partial charge in [-0.05, 0) is 74.6 Å². The summed E-state index contributed by atoms with van der Waals surface area (Å²) in [5.74, 6) is 1.84. The number of para-hydroxylation sites is 1. The lowest BCUT2D eigenvalue weighted by atomic mass is 9.90. The SMILES string of the molecule is c1ccc(-c2nc(-c3ccccc3)nc(-c3cc(-c4cnc5oc6ccccc6c5c4)cc(-c4cc5ccccc5c5ccccc45)c3)n2)cc1. The van der Waals surface area contributed by atoms with Gasteiger partial charge in [0.05, 0.1) is 0 Å². The fourth-order valence-electron chi connectivity index (χ4n) is 7.08. The van der Waals surface area contributed by atoms with Crippen molar-refractivity contribution in [2.24, 2.45) is 0 Å². The molecule has 0 saturated heterocycles. The summed E-state index contributed by atoms with van der Waals surface area (Å²) in [7, 11) is 0. The van der Waals surface area contributed by atoms with Gasteiger partial charge in [0.15, 0.2) is 17.5 Å². The number of benzene rings is 7. The van der Waals surface area contributed by atoms with Gasteiger partial charge in [-0.2, -0.15) is 0 Å². The topological polar surface area (TPSA) is 64.7 Å². The van der Waals surface area contributed by atoms with E-state index in [1.807, 2.05) is 85.1 Å². The lowest BCUT2D eigenvalue weighted by Crippen LogP contribution is -2.00. The first-order chi connectivity index (χ1) is 25.2. The molecular formula is C46H28N4O. The Kier molecular flexibility index (Phi) is 6.74. The van der Waals surface area contributed by atoms with Gasteiger partial charge in [0.1, 0.15) is 5.58 Å². The summed E-state index contributed by atoms with van der Waals surface area (Å²) in [6.45, 7) is 0. The minimum absolute atomic E-state index is 0.596. The van der Waals surface area contributed by atoms with Gasteiger partial charge in [0, 0.05) is 39.2 Å². The van der Waals surface area contributed by atoms with E-state index in [9.17, 15) is 0 Å². The molecule has 0 aliphatic carbocycles. The van der Waals surface area contributed by atoms with Crippen molar-refractivity contribution in [2.45, 2.75) is 0 Å². The van der Waals surface area contributed by atoms with Gasteiger partial charge in [-0.1, -0.05) is 127 Å². The molecule has 0 radical (unpaired) electrons. The third kappa shape index (κ3) is 5.11. The van der Waals surface area contributed by atoms with Gasteiger partial charge in [-0.25, -0.2) is 19.9 Å². The fourth-order valence-corrected chi connectivity index (χ4v) is 7.08. The summed E-state index contributed by atoms with van der Waals surface area (Å²) in [5.41, 5.74) is 8.35. The van der Waals surface area contributed by atoms with Crippen molar-refractivity contribution < 1.29 is 4.42 Å². The van der Waals surface area contributed by atoms with Crippen molar-refractivity contribution in [3.63, 3.8) is 0 Å². The Labute approximate surface area is 293 Å². The molecule has 0 bridgehead atoms. The zero-order chi connectivity index (χ0) is 33.7. The van der Waals surface area contributed by atoms with Crippen LogP contribution < -0.4 is 0 Å². The van der Waals surface area contributed by atoms with Gasteiger partial charge in [0.25, 0.3) is 0 Å². The highest BCUT2D eigenvalue weighted by Crippen LogP contribution is 2.40. The number of hydrogen-bond acceptors (Lipinski definition) is 5. The number of aromatic nitrogens is 4. The van der Waals surface area contributed by atoms with Gasteiger partial charge < -0.3 is 4.42 Å². The van der Waals surface area contributed by atoms with Crippen LogP contribution in [-0.4, -0.2) is 19.9 Å². The minimum atomic E-state index is 0.596. The Bertz CT molecular complexity index is 2860. The van der Waals surface area contributed by atoms with E-state index in [2.05, 4.69) is 84.9 Å². The van der Waals surface area contributed by atoms with Crippen LogP contribution in [0.3, 0.4) is 0 Å². The number of rotatable bonds is 5. The quantitative estimate of drug-likeness (QED) is 0.173. The van der Waals surface area contributed by atoms with Gasteiger partial charge in [-0.15, -0.1) is 0 Å². The summed E-state index contributed by atoms with van der Waals surface area (Å²) in [4.78, 5) is 20.0. The second kappa shape index (κ2) is 11.9. The van der Waals surface area contributed by atoms with Crippen LogP contribution in [0.15, 0.2) is 174 Å². The monoisotopic (exact) mass is 652 g/mol. The Morgan fingerprint density at radius 2 is 0.902 bits per heavy atom. The molecule has 3 heterocycles. The second-order valence-electron chi connectivity index (χ2n) is 12.7. The van der Waals surface area contributed by atoms with Crippen molar-refractivity contribution in [3.05, 3.63) is 170 Å². The number of nitrogens with zero attached hydrogens (tertiary/aromatic N) is 4. The highest BCUT2D eigenvalue weighted by Gasteiger charge is 2.17. The molecule has 5 heteroatoms. The Morgan fingerprint density at radius 1 is 0.353 bits per heavy atom. The summed E-state index contributed by atoms with van der Waals surface area (Å²) < 4.78 is 6.09. The summed E-state index contributed by atoms with van der Waals surface area (Å²) >= 11 is 0. The third-order valence-electron chi connectivity index (χ3n) is 9.54. The van der Waals surface area contributed by atoms with Crippen LogP contribution in [0.5, 0.6) is 0 Å². The molecule has 238 valence electrons. The highest BCUT2D eigenvalue weighted by molar-refractivity contribution is 6.14. The Morgan fingerprint density at radius 3 is 1.63 bits per heavy atom. The third-order valence-corrected chi connectivity index (χ3v) is 9.54. The maximum absolute atomic E-state index is 6.09. The van der Waals surface area contributed by atoms with Crippen molar-refractivity contribution in [3.8, 4) is 56.4 Å². The van der Waals surface area contributed by atoms with E-state index in [0.717, 1.165) is 55.3 Å². The smallest absolute Gasteiger partial charge is 0.227 e. The van der Waals surface area contributed by atoms with Gasteiger partial charge in [-0.3, -0.25) is 0 Å². The van der Waals surface area contributed by atoms with E-state index in [4.69, 9.17) is 24.4 Å². The van der Waals surface area contributed by atoms with E-state index in [1.54, 1.807) is 0 Å². The van der Waals surface area contributed by atoms with Crippen LogP contribution in [0, 0.1) is 0 Å². The van der Waals surface area contributed by atoms with E-state index in [0.29, 0.717) is 23.2 Å². The molecule has 10 rings (SSSR count). The molecule has 0 N–H and O–H groups in total.